The third kappa shape index (κ3) is 21.1. The molecule has 0 aromatic heterocycles. The number of hydrogen-bond acceptors (Lipinski definition) is 8. The maximum Gasteiger partial charge on any atom is 0.0594 e. The minimum Gasteiger partial charge on any atom is -0.381 e. The molecule has 48 heavy (non-hydrogen) atoms. The molecule has 1 N–H and O–H groups in total. The smallest absolute Gasteiger partial charge is 0.0594 e. The zero-order chi connectivity index (χ0) is 35.9. The van der Waals surface area contributed by atoms with Crippen molar-refractivity contribution in [2.75, 3.05) is 98.5 Å². The highest BCUT2D eigenvalue weighted by atomic mass is 16.5. The van der Waals surface area contributed by atoms with Crippen LogP contribution in [0.2, 0.25) is 0 Å². The van der Waals surface area contributed by atoms with Crippen molar-refractivity contribution in [1.82, 2.24) is 29.8 Å². The fraction of sp³-hybridized carbons (Fsp3) is 1.00. The summed E-state index contributed by atoms with van der Waals surface area (Å²) in [6, 6.07) is 3.73. The van der Waals surface area contributed by atoms with Crippen molar-refractivity contribution < 1.29 is 9.47 Å². The predicted octanol–water partition coefficient (Wildman–Crippen LogP) is 6.75. The fourth-order valence-corrected chi connectivity index (χ4v) is 6.25. The summed E-state index contributed by atoms with van der Waals surface area (Å²) in [4.78, 5) is 12.4. The van der Waals surface area contributed by atoms with E-state index < -0.39 is 0 Å². The van der Waals surface area contributed by atoms with Crippen LogP contribution in [-0.2, 0) is 9.47 Å². The van der Waals surface area contributed by atoms with Gasteiger partial charge >= 0.3 is 0 Å². The van der Waals surface area contributed by atoms with Gasteiger partial charge in [0, 0.05) is 69.0 Å². The first-order valence-corrected chi connectivity index (χ1v) is 20.4. The second kappa shape index (κ2) is 27.3. The lowest BCUT2D eigenvalue weighted by Crippen LogP contribution is -2.41. The minimum absolute atomic E-state index is 0.689. The molecule has 0 saturated carbocycles. The van der Waals surface area contributed by atoms with Crippen LogP contribution in [0.25, 0.3) is 0 Å². The van der Waals surface area contributed by atoms with E-state index in [1.54, 1.807) is 0 Å². The summed E-state index contributed by atoms with van der Waals surface area (Å²) in [6.07, 6.45) is 8.52. The molecule has 6 rings (SSSR count). The van der Waals surface area contributed by atoms with Gasteiger partial charge in [0.25, 0.3) is 0 Å². The molecule has 0 unspecified atom stereocenters. The van der Waals surface area contributed by atoms with E-state index in [-0.39, 0.29) is 0 Å². The van der Waals surface area contributed by atoms with Crippen LogP contribution in [0.15, 0.2) is 0 Å². The normalized spacial score (nSPS) is 22.9. The molecule has 6 aliphatic heterocycles. The summed E-state index contributed by atoms with van der Waals surface area (Å²) in [5.74, 6) is 1.69. The largest absolute Gasteiger partial charge is 0.381 e. The van der Waals surface area contributed by atoms with Crippen LogP contribution >= 0.6 is 0 Å². The molecule has 0 aromatic rings. The summed E-state index contributed by atoms with van der Waals surface area (Å²) < 4.78 is 10.2. The lowest BCUT2D eigenvalue weighted by molar-refractivity contribution is -0.0534. The molecule has 6 saturated heterocycles. The highest BCUT2D eigenvalue weighted by molar-refractivity contribution is 4.72. The molecule has 6 aliphatic rings. The molecule has 0 radical (unpaired) electrons. The Morgan fingerprint density at radius 3 is 0.979 bits per heavy atom. The van der Waals surface area contributed by atoms with Crippen molar-refractivity contribution in [3.8, 4) is 0 Å². The van der Waals surface area contributed by atoms with Gasteiger partial charge in [-0.2, -0.15) is 0 Å². The van der Waals surface area contributed by atoms with Gasteiger partial charge in [0.15, 0.2) is 0 Å². The zero-order valence-electron chi connectivity index (χ0n) is 34.4. The molecule has 8 heteroatoms. The Kier molecular flexibility index (Phi) is 26.0. The van der Waals surface area contributed by atoms with Crippen molar-refractivity contribution in [2.45, 2.75) is 152 Å². The maximum atomic E-state index is 5.21. The Morgan fingerprint density at radius 1 is 0.417 bits per heavy atom. The third-order valence-electron chi connectivity index (χ3n) is 10.6. The lowest BCUT2D eigenvalue weighted by atomic mass is 9.95. The molecule has 8 nitrogen and oxygen atoms in total. The molecule has 0 atom stereocenters. The highest BCUT2D eigenvalue weighted by Gasteiger charge is 2.21. The van der Waals surface area contributed by atoms with E-state index in [2.05, 4.69) is 113 Å². The van der Waals surface area contributed by atoms with Gasteiger partial charge in [-0.15, -0.1) is 0 Å². The summed E-state index contributed by atoms with van der Waals surface area (Å²) in [5.41, 5.74) is 0. The molecule has 0 aliphatic carbocycles. The van der Waals surface area contributed by atoms with E-state index in [0.717, 1.165) is 82.7 Å². The SMILES string of the molecule is CC(C)C1COC1.CC(C)N1CCC1.CC(C)N1CCCC1.CC(C)N1CCCCC1.CC(C)N1CCNC1.CC(C)N1CCOCC1. The van der Waals surface area contributed by atoms with Crippen molar-refractivity contribution in [1.29, 1.82) is 0 Å². The van der Waals surface area contributed by atoms with Crippen LogP contribution in [0.1, 0.15) is 122 Å². The number of hydrogen-bond donors (Lipinski definition) is 1. The molecule has 0 amide bonds. The standard InChI is InChI=1S/C8H17N.C7H15NO.C7H15N.C6H14N2.C6H13N.C6H12O/c1-8(2)9-6-4-3-5-7-9;1-7(2)8-3-5-9-6-4-8;1-7(2)8-5-3-4-6-8;1-6(2)8-4-3-7-5-8;1-6(2)7-4-3-5-7;1-5(2)6-3-7-4-6/h8H,3-7H2,1-2H3;7H,3-6H2,1-2H3;7H,3-6H2,1-2H3;6-7H,3-5H2,1-2H3;6H,3-5H2,1-2H3;5-6H,3-4H2,1-2H3. The zero-order valence-corrected chi connectivity index (χ0v) is 34.4. The Balaban J connectivity index is 0.000000289. The van der Waals surface area contributed by atoms with Gasteiger partial charge in [0.05, 0.1) is 26.4 Å². The van der Waals surface area contributed by atoms with Crippen molar-refractivity contribution in [3.05, 3.63) is 0 Å². The number of likely N-dealkylation sites (tertiary alicyclic amines) is 3. The monoisotopic (exact) mass is 683 g/mol. The first-order chi connectivity index (χ1) is 22.8. The van der Waals surface area contributed by atoms with Gasteiger partial charge in [-0.05, 0) is 147 Å². The van der Waals surface area contributed by atoms with Crippen LogP contribution < -0.4 is 5.32 Å². The highest BCUT2D eigenvalue weighted by Crippen LogP contribution is 2.18. The lowest BCUT2D eigenvalue weighted by Gasteiger charge is -2.34. The molecule has 6 fully saturated rings. The van der Waals surface area contributed by atoms with Crippen LogP contribution in [0.3, 0.4) is 0 Å². The van der Waals surface area contributed by atoms with Crippen molar-refractivity contribution >= 4 is 0 Å². The van der Waals surface area contributed by atoms with Gasteiger partial charge < -0.3 is 29.5 Å². The summed E-state index contributed by atoms with van der Waals surface area (Å²) >= 11 is 0. The predicted molar refractivity (Wildman–Crippen MR) is 209 cm³/mol. The van der Waals surface area contributed by atoms with Gasteiger partial charge in [0.2, 0.25) is 0 Å². The van der Waals surface area contributed by atoms with E-state index in [4.69, 9.17) is 9.47 Å². The number of piperidine rings is 1. The summed E-state index contributed by atoms with van der Waals surface area (Å²) in [7, 11) is 0. The molecule has 0 aromatic carbocycles. The summed E-state index contributed by atoms with van der Waals surface area (Å²) in [5, 5.41) is 3.28. The van der Waals surface area contributed by atoms with Gasteiger partial charge in [-0.3, -0.25) is 9.80 Å². The topological polar surface area (TPSA) is 46.7 Å². The molecule has 0 spiro atoms. The first kappa shape index (κ1) is 45.7. The molecule has 6 heterocycles. The Morgan fingerprint density at radius 2 is 0.792 bits per heavy atom. The molecule has 0 bridgehead atoms. The van der Waals surface area contributed by atoms with E-state index in [9.17, 15) is 0 Å². The average Bonchev–Trinajstić information content (AvgIpc) is 3.73. The van der Waals surface area contributed by atoms with Crippen LogP contribution in [0.4, 0.5) is 0 Å². The molecule has 288 valence electrons. The second-order valence-electron chi connectivity index (χ2n) is 16.4. The fourth-order valence-electron chi connectivity index (χ4n) is 6.25. The van der Waals surface area contributed by atoms with Gasteiger partial charge in [-0.25, -0.2) is 0 Å². The number of morpholine rings is 1. The number of rotatable bonds is 6. The Hall–Kier alpha value is -0.320. The van der Waals surface area contributed by atoms with E-state index in [1.165, 1.54) is 84.3 Å². The number of nitrogens with one attached hydrogen (secondary N) is 1. The van der Waals surface area contributed by atoms with Crippen LogP contribution in [-0.4, -0.2) is 153 Å². The third-order valence-corrected chi connectivity index (χ3v) is 10.6. The van der Waals surface area contributed by atoms with E-state index in [1.807, 2.05) is 0 Å². The molecular formula is C40H86N6O2. The van der Waals surface area contributed by atoms with Crippen LogP contribution in [0.5, 0.6) is 0 Å². The molecular weight excluding hydrogens is 596 g/mol. The summed E-state index contributed by atoms with van der Waals surface area (Å²) in [6.45, 7) is 44.5. The van der Waals surface area contributed by atoms with Crippen molar-refractivity contribution in [2.24, 2.45) is 11.8 Å². The van der Waals surface area contributed by atoms with Gasteiger partial charge in [-0.1, -0.05) is 20.3 Å². The number of nitrogens with zero attached hydrogens (tertiary/aromatic N) is 5. The first-order valence-electron chi connectivity index (χ1n) is 20.4. The van der Waals surface area contributed by atoms with E-state index in [0.29, 0.717) is 12.1 Å². The van der Waals surface area contributed by atoms with E-state index >= 15 is 0 Å². The van der Waals surface area contributed by atoms with Crippen LogP contribution in [0, 0.1) is 11.8 Å². The quantitative estimate of drug-likeness (QED) is 0.331. The Bertz CT molecular complexity index is 643. The minimum atomic E-state index is 0.689. The second-order valence-corrected chi connectivity index (χ2v) is 16.4. The van der Waals surface area contributed by atoms with Crippen molar-refractivity contribution in [3.63, 3.8) is 0 Å². The number of ether oxygens (including phenoxy) is 2. The average molecular weight is 683 g/mol. The maximum absolute atomic E-state index is 5.21. The van der Waals surface area contributed by atoms with Gasteiger partial charge in [0.1, 0.15) is 0 Å². The Labute approximate surface area is 301 Å².